The molecule has 4 aromatic rings. The van der Waals surface area contributed by atoms with Crippen LogP contribution in [0, 0.1) is 17.2 Å². The smallest absolute Gasteiger partial charge is 0.312 e. The van der Waals surface area contributed by atoms with Crippen LogP contribution in [0.5, 0.6) is 0 Å². The Kier molecular flexibility index (Phi) is 3.78. The first kappa shape index (κ1) is 17.5. The highest BCUT2D eigenvalue weighted by Gasteiger charge is 2.45. The average Bonchev–Trinajstić information content (AvgIpc) is 3.16. The molecule has 1 atom stereocenters. The van der Waals surface area contributed by atoms with Gasteiger partial charge in [0.2, 0.25) is 0 Å². The van der Waals surface area contributed by atoms with Crippen LogP contribution >= 0.6 is 11.6 Å². The number of fused-ring (bicyclic) bond motifs is 5. The van der Waals surface area contributed by atoms with Crippen molar-refractivity contribution in [1.29, 1.82) is 5.26 Å². The topological polar surface area (TPSA) is 71.8 Å². The van der Waals surface area contributed by atoms with Crippen molar-refractivity contribution in [3.8, 4) is 6.07 Å². The van der Waals surface area contributed by atoms with Gasteiger partial charge in [-0.25, -0.2) is 0 Å². The van der Waals surface area contributed by atoms with E-state index in [-0.39, 0.29) is 27.7 Å². The van der Waals surface area contributed by atoms with Gasteiger partial charge in [0.15, 0.2) is 0 Å². The number of benzene rings is 1. The van der Waals surface area contributed by atoms with E-state index < -0.39 is 18.1 Å². The average molecular weight is 393 g/mol. The van der Waals surface area contributed by atoms with Gasteiger partial charge in [-0.2, -0.15) is 38.0 Å². The van der Waals surface area contributed by atoms with Crippen molar-refractivity contribution in [2.45, 2.75) is 26.1 Å². The summed E-state index contributed by atoms with van der Waals surface area (Å²) in [5.74, 6) is -0.679. The molecule has 4 rings (SSSR count). The zero-order valence-corrected chi connectivity index (χ0v) is 14.9. The maximum absolute atomic E-state index is 14.0. The van der Waals surface area contributed by atoms with Crippen LogP contribution in [-0.2, 0) is 0 Å². The van der Waals surface area contributed by atoms with E-state index in [1.807, 2.05) is 6.07 Å². The highest BCUT2D eigenvalue weighted by molar-refractivity contribution is 6.36. The van der Waals surface area contributed by atoms with Crippen LogP contribution in [0.15, 0.2) is 24.5 Å². The van der Waals surface area contributed by atoms with E-state index in [1.54, 1.807) is 6.07 Å². The van der Waals surface area contributed by atoms with Crippen LogP contribution in [0.3, 0.4) is 0 Å². The van der Waals surface area contributed by atoms with Gasteiger partial charge in [0.05, 0.1) is 22.5 Å². The number of nitriles is 1. The Morgan fingerprint density at radius 1 is 1.26 bits per heavy atom. The fourth-order valence-corrected chi connectivity index (χ4v) is 3.75. The number of aromatic nitrogens is 5. The molecule has 0 N–H and O–H groups in total. The molecule has 0 saturated heterocycles. The first-order chi connectivity index (χ1) is 12.7. The highest BCUT2D eigenvalue weighted by atomic mass is 35.5. The van der Waals surface area contributed by atoms with Crippen LogP contribution in [0.1, 0.15) is 25.5 Å². The van der Waals surface area contributed by atoms with Crippen LogP contribution in [-0.4, -0.2) is 30.3 Å². The molecule has 3 aromatic heterocycles. The van der Waals surface area contributed by atoms with Crippen molar-refractivity contribution >= 4 is 39.3 Å². The van der Waals surface area contributed by atoms with Crippen LogP contribution < -0.4 is 0 Å². The minimum Gasteiger partial charge on any atom is -0.312 e. The van der Waals surface area contributed by atoms with E-state index >= 15 is 0 Å². The quantitative estimate of drug-likeness (QED) is 0.470. The van der Waals surface area contributed by atoms with Gasteiger partial charge < -0.3 is 4.57 Å². The third-order valence-corrected chi connectivity index (χ3v) is 4.76. The standard InChI is InChI=1S/C17H12ClF3N6/c1-8(2)13(17(19,20)21)26-11-5-9(6-22)3-4-10(11)12-14(18)25-16-23-7-24-27(16)15(12)26/h3-5,7-8,13H,1-2H3. The zero-order valence-electron chi connectivity index (χ0n) is 14.2. The maximum Gasteiger partial charge on any atom is 0.409 e. The predicted octanol–water partition coefficient (Wildman–Crippen LogP) is 4.52. The normalized spacial score (nSPS) is 13.7. The van der Waals surface area contributed by atoms with Gasteiger partial charge in [0.1, 0.15) is 23.2 Å². The van der Waals surface area contributed by atoms with Gasteiger partial charge in [-0.3, -0.25) is 0 Å². The summed E-state index contributed by atoms with van der Waals surface area (Å²) in [6, 6.07) is 4.66. The van der Waals surface area contributed by atoms with Crippen molar-refractivity contribution in [2.24, 2.45) is 5.92 Å². The van der Waals surface area contributed by atoms with Gasteiger partial charge in [-0.15, -0.1) is 0 Å². The molecule has 138 valence electrons. The number of alkyl halides is 3. The number of nitrogens with zero attached hydrogens (tertiary/aromatic N) is 6. The summed E-state index contributed by atoms with van der Waals surface area (Å²) in [7, 11) is 0. The van der Waals surface area contributed by atoms with Crippen molar-refractivity contribution < 1.29 is 13.2 Å². The lowest BCUT2D eigenvalue weighted by Crippen LogP contribution is -2.31. The van der Waals surface area contributed by atoms with Crippen molar-refractivity contribution in [3.63, 3.8) is 0 Å². The van der Waals surface area contributed by atoms with Crippen molar-refractivity contribution in [2.75, 3.05) is 0 Å². The summed E-state index contributed by atoms with van der Waals surface area (Å²) in [6.07, 6.45) is -3.32. The summed E-state index contributed by atoms with van der Waals surface area (Å²) >= 11 is 6.31. The maximum atomic E-state index is 14.0. The molecule has 10 heteroatoms. The van der Waals surface area contributed by atoms with Gasteiger partial charge >= 0.3 is 6.18 Å². The third-order valence-electron chi connectivity index (χ3n) is 4.49. The Hall–Kier alpha value is -2.86. The Labute approximate surface area is 155 Å². The molecule has 0 aliphatic heterocycles. The lowest BCUT2D eigenvalue weighted by Gasteiger charge is -2.27. The molecule has 3 heterocycles. The van der Waals surface area contributed by atoms with Gasteiger partial charge in [-0.1, -0.05) is 31.5 Å². The molecule has 0 spiro atoms. The van der Waals surface area contributed by atoms with Crippen molar-refractivity contribution in [3.05, 3.63) is 35.2 Å². The first-order valence-corrected chi connectivity index (χ1v) is 8.41. The number of hydrogen-bond donors (Lipinski definition) is 0. The summed E-state index contributed by atoms with van der Waals surface area (Å²) in [4.78, 5) is 8.08. The monoisotopic (exact) mass is 392 g/mol. The fraction of sp³-hybridized carbons (Fsp3) is 0.294. The van der Waals surface area contributed by atoms with Gasteiger partial charge in [-0.05, 0) is 18.1 Å². The van der Waals surface area contributed by atoms with E-state index in [0.717, 1.165) is 4.57 Å². The molecule has 1 aromatic carbocycles. The summed E-state index contributed by atoms with van der Waals surface area (Å²) in [5, 5.41) is 14.1. The Bertz CT molecular complexity index is 1230. The molecule has 27 heavy (non-hydrogen) atoms. The van der Waals surface area contributed by atoms with E-state index in [9.17, 15) is 18.4 Å². The minimum atomic E-state index is -4.53. The van der Waals surface area contributed by atoms with Crippen LogP contribution in [0.25, 0.3) is 27.7 Å². The Balaban J connectivity index is 2.31. The fourth-order valence-electron chi connectivity index (χ4n) is 3.49. The van der Waals surface area contributed by atoms with Crippen LogP contribution in [0.2, 0.25) is 5.15 Å². The molecule has 0 fully saturated rings. The number of hydrogen-bond acceptors (Lipinski definition) is 4. The largest absolute Gasteiger partial charge is 0.409 e. The molecule has 0 saturated carbocycles. The number of halogens is 4. The SMILES string of the molecule is CC(C)C(n1c2cc(C#N)ccc2c2c(Cl)nc3ncnn3c21)C(F)(F)F. The van der Waals surface area contributed by atoms with Crippen molar-refractivity contribution in [1.82, 2.24) is 24.1 Å². The minimum absolute atomic E-state index is 0.0311. The molecule has 0 aliphatic carbocycles. The van der Waals surface area contributed by atoms with E-state index in [4.69, 9.17) is 11.6 Å². The molecule has 0 radical (unpaired) electrons. The molecule has 0 amide bonds. The summed E-state index contributed by atoms with van der Waals surface area (Å²) in [5.41, 5.74) is 0.630. The second-order valence-electron chi connectivity index (χ2n) is 6.52. The van der Waals surface area contributed by atoms with E-state index in [1.165, 1.54) is 36.8 Å². The second-order valence-corrected chi connectivity index (χ2v) is 6.88. The molecular formula is C17H12ClF3N6. The first-order valence-electron chi connectivity index (χ1n) is 8.03. The molecule has 0 aliphatic rings. The molecule has 1 unspecified atom stereocenters. The summed E-state index contributed by atoms with van der Waals surface area (Å²) in [6.45, 7) is 2.98. The lowest BCUT2D eigenvalue weighted by molar-refractivity contribution is -0.176. The zero-order chi connectivity index (χ0) is 19.5. The number of rotatable bonds is 2. The van der Waals surface area contributed by atoms with Gasteiger partial charge in [0.25, 0.3) is 5.78 Å². The van der Waals surface area contributed by atoms with E-state index in [2.05, 4.69) is 15.1 Å². The Morgan fingerprint density at radius 2 is 2.00 bits per heavy atom. The lowest BCUT2D eigenvalue weighted by atomic mass is 10.0. The predicted molar refractivity (Wildman–Crippen MR) is 93.4 cm³/mol. The third kappa shape index (κ3) is 2.51. The Morgan fingerprint density at radius 3 is 2.63 bits per heavy atom. The molecule has 0 bridgehead atoms. The second kappa shape index (κ2) is 5.82. The van der Waals surface area contributed by atoms with E-state index in [0.29, 0.717) is 10.8 Å². The molecule has 6 nitrogen and oxygen atoms in total. The highest BCUT2D eigenvalue weighted by Crippen LogP contribution is 2.43. The molecular weight excluding hydrogens is 381 g/mol. The van der Waals surface area contributed by atoms with Gasteiger partial charge in [0, 0.05) is 5.39 Å². The van der Waals surface area contributed by atoms with Crippen LogP contribution in [0.4, 0.5) is 13.2 Å². The summed E-state index contributed by atoms with van der Waals surface area (Å²) < 4.78 is 44.4.